The van der Waals surface area contributed by atoms with Crippen molar-refractivity contribution >= 4 is 15.9 Å². The van der Waals surface area contributed by atoms with E-state index in [1.807, 2.05) is 31.2 Å². The highest BCUT2D eigenvalue weighted by Gasteiger charge is 2.20. The molecule has 2 rings (SSSR count). The minimum atomic E-state index is -0.539. The lowest BCUT2D eigenvalue weighted by Gasteiger charge is -2.18. The second-order valence-electron chi connectivity index (χ2n) is 4.81. The number of rotatable bonds is 4. The van der Waals surface area contributed by atoms with Crippen molar-refractivity contribution in [2.24, 2.45) is 0 Å². The SMILES string of the molecule is CNC(Cc1ccc(C)cc1)c1c(F)cc(Br)cc1F. The second kappa shape index (κ2) is 6.46. The van der Waals surface area contributed by atoms with Crippen molar-refractivity contribution < 1.29 is 8.78 Å². The van der Waals surface area contributed by atoms with Crippen LogP contribution in [0.5, 0.6) is 0 Å². The monoisotopic (exact) mass is 339 g/mol. The molecule has 0 aliphatic rings. The second-order valence-corrected chi connectivity index (χ2v) is 5.73. The quantitative estimate of drug-likeness (QED) is 0.862. The Morgan fingerprint density at radius 3 is 2.15 bits per heavy atom. The summed E-state index contributed by atoms with van der Waals surface area (Å²) < 4.78 is 28.4. The summed E-state index contributed by atoms with van der Waals surface area (Å²) in [6.45, 7) is 2.01. The van der Waals surface area contributed by atoms with Crippen molar-refractivity contribution in [1.82, 2.24) is 5.32 Å². The highest BCUT2D eigenvalue weighted by molar-refractivity contribution is 9.10. The van der Waals surface area contributed by atoms with Gasteiger partial charge in [0.1, 0.15) is 11.6 Å². The Labute approximate surface area is 126 Å². The van der Waals surface area contributed by atoms with Crippen LogP contribution >= 0.6 is 15.9 Å². The molecule has 1 N–H and O–H groups in total. The van der Waals surface area contributed by atoms with Gasteiger partial charge >= 0.3 is 0 Å². The minimum absolute atomic E-state index is 0.0799. The van der Waals surface area contributed by atoms with Gasteiger partial charge in [0.25, 0.3) is 0 Å². The molecule has 1 nitrogen and oxygen atoms in total. The average Bonchev–Trinajstić information content (AvgIpc) is 2.38. The first kappa shape index (κ1) is 15.1. The van der Waals surface area contributed by atoms with Gasteiger partial charge in [-0.25, -0.2) is 8.78 Å². The van der Waals surface area contributed by atoms with E-state index in [4.69, 9.17) is 0 Å². The van der Waals surface area contributed by atoms with Gasteiger partial charge < -0.3 is 5.32 Å². The lowest BCUT2D eigenvalue weighted by molar-refractivity contribution is 0.488. The lowest BCUT2D eigenvalue weighted by atomic mass is 9.97. The summed E-state index contributed by atoms with van der Waals surface area (Å²) in [5.74, 6) is -1.08. The summed E-state index contributed by atoms with van der Waals surface area (Å²) in [4.78, 5) is 0. The number of benzene rings is 2. The smallest absolute Gasteiger partial charge is 0.132 e. The van der Waals surface area contributed by atoms with Gasteiger partial charge in [-0.2, -0.15) is 0 Å². The maximum Gasteiger partial charge on any atom is 0.132 e. The first-order chi connectivity index (χ1) is 9.51. The normalized spacial score (nSPS) is 12.4. The van der Waals surface area contributed by atoms with Gasteiger partial charge in [-0.1, -0.05) is 45.8 Å². The van der Waals surface area contributed by atoms with E-state index in [2.05, 4.69) is 21.2 Å². The number of likely N-dealkylation sites (N-methyl/N-ethyl adjacent to an activating group) is 1. The summed E-state index contributed by atoms with van der Waals surface area (Å²) in [5, 5.41) is 2.99. The maximum atomic E-state index is 14.0. The maximum absolute atomic E-state index is 14.0. The number of nitrogens with one attached hydrogen (secondary N) is 1. The molecular formula is C16H16BrF2N. The highest BCUT2D eigenvalue weighted by Crippen LogP contribution is 2.27. The van der Waals surface area contributed by atoms with E-state index in [0.29, 0.717) is 10.9 Å². The third kappa shape index (κ3) is 3.44. The Hall–Kier alpha value is -1.26. The van der Waals surface area contributed by atoms with Crippen LogP contribution in [0.2, 0.25) is 0 Å². The molecule has 4 heteroatoms. The molecule has 0 radical (unpaired) electrons. The Kier molecular flexibility index (Phi) is 4.89. The molecule has 0 spiro atoms. The Balaban J connectivity index is 2.31. The molecule has 2 aromatic carbocycles. The van der Waals surface area contributed by atoms with Crippen molar-refractivity contribution in [2.75, 3.05) is 7.05 Å². The molecular weight excluding hydrogens is 324 g/mol. The summed E-state index contributed by atoms with van der Waals surface area (Å²) in [6, 6.07) is 10.1. The van der Waals surface area contributed by atoms with Crippen LogP contribution in [-0.2, 0) is 6.42 Å². The van der Waals surface area contributed by atoms with Crippen LogP contribution in [0.25, 0.3) is 0 Å². The minimum Gasteiger partial charge on any atom is -0.313 e. The predicted molar refractivity (Wildman–Crippen MR) is 80.7 cm³/mol. The third-order valence-corrected chi connectivity index (χ3v) is 3.76. The summed E-state index contributed by atoms with van der Waals surface area (Å²) >= 11 is 3.09. The molecule has 0 saturated heterocycles. The van der Waals surface area contributed by atoms with Crippen molar-refractivity contribution in [3.8, 4) is 0 Å². The molecule has 0 aliphatic carbocycles. The number of aryl methyl sites for hydroxylation is 1. The fourth-order valence-corrected chi connectivity index (χ4v) is 2.60. The number of hydrogen-bond acceptors (Lipinski definition) is 1. The fourth-order valence-electron chi connectivity index (χ4n) is 2.19. The summed E-state index contributed by atoms with van der Waals surface area (Å²) in [7, 11) is 1.71. The van der Waals surface area contributed by atoms with Crippen LogP contribution in [0.4, 0.5) is 8.78 Å². The van der Waals surface area contributed by atoms with Crippen LogP contribution < -0.4 is 5.32 Å². The Morgan fingerprint density at radius 2 is 1.65 bits per heavy atom. The molecule has 0 aromatic heterocycles. The van der Waals surface area contributed by atoms with E-state index >= 15 is 0 Å². The summed E-state index contributed by atoms with van der Waals surface area (Å²) in [6.07, 6.45) is 0.534. The lowest BCUT2D eigenvalue weighted by Crippen LogP contribution is -2.21. The van der Waals surface area contributed by atoms with Crippen LogP contribution in [-0.4, -0.2) is 7.05 Å². The van der Waals surface area contributed by atoms with Crippen molar-refractivity contribution in [3.63, 3.8) is 0 Å². The third-order valence-electron chi connectivity index (χ3n) is 3.30. The van der Waals surface area contributed by atoms with Crippen molar-refractivity contribution in [2.45, 2.75) is 19.4 Å². The molecule has 0 bridgehead atoms. The van der Waals surface area contributed by atoms with Gasteiger partial charge in [0.15, 0.2) is 0 Å². The van der Waals surface area contributed by atoms with E-state index < -0.39 is 17.7 Å². The van der Waals surface area contributed by atoms with Gasteiger partial charge in [-0.3, -0.25) is 0 Å². The van der Waals surface area contributed by atoms with E-state index in [-0.39, 0.29) is 5.56 Å². The van der Waals surface area contributed by atoms with Crippen LogP contribution in [0.1, 0.15) is 22.7 Å². The van der Waals surface area contributed by atoms with Crippen LogP contribution in [0.15, 0.2) is 40.9 Å². The Morgan fingerprint density at radius 1 is 1.10 bits per heavy atom. The highest BCUT2D eigenvalue weighted by atomic mass is 79.9. The molecule has 0 saturated carbocycles. The first-order valence-electron chi connectivity index (χ1n) is 6.38. The van der Waals surface area contributed by atoms with Gasteiger partial charge in [0, 0.05) is 16.1 Å². The van der Waals surface area contributed by atoms with Gasteiger partial charge in [-0.05, 0) is 38.1 Å². The average molecular weight is 340 g/mol. The zero-order valence-corrected chi connectivity index (χ0v) is 13.0. The van der Waals surface area contributed by atoms with Gasteiger partial charge in [0.2, 0.25) is 0 Å². The van der Waals surface area contributed by atoms with E-state index in [1.54, 1.807) is 7.05 Å². The zero-order chi connectivity index (χ0) is 14.7. The standard InChI is InChI=1S/C16H16BrF2N/c1-10-3-5-11(6-4-10)7-15(20-2)16-13(18)8-12(17)9-14(16)19/h3-6,8-9,15,20H,7H2,1-2H3. The van der Waals surface area contributed by atoms with Crippen LogP contribution in [0, 0.1) is 18.6 Å². The first-order valence-corrected chi connectivity index (χ1v) is 7.18. The number of hydrogen-bond donors (Lipinski definition) is 1. The zero-order valence-electron chi connectivity index (χ0n) is 11.4. The molecule has 20 heavy (non-hydrogen) atoms. The molecule has 1 unspecified atom stereocenters. The predicted octanol–water partition coefficient (Wildman–Crippen LogP) is 4.54. The molecule has 0 heterocycles. The molecule has 0 amide bonds. The Bertz CT molecular complexity index is 573. The van der Waals surface area contributed by atoms with Gasteiger partial charge in [-0.15, -0.1) is 0 Å². The largest absolute Gasteiger partial charge is 0.313 e. The molecule has 0 aliphatic heterocycles. The topological polar surface area (TPSA) is 12.0 Å². The number of halogens is 3. The van der Waals surface area contributed by atoms with Crippen molar-refractivity contribution in [3.05, 3.63) is 69.2 Å². The van der Waals surface area contributed by atoms with E-state index in [9.17, 15) is 8.78 Å². The fraction of sp³-hybridized carbons (Fsp3) is 0.250. The van der Waals surface area contributed by atoms with E-state index in [1.165, 1.54) is 12.1 Å². The molecule has 1 atom stereocenters. The molecule has 0 fully saturated rings. The molecule has 2 aromatic rings. The summed E-state index contributed by atoms with van der Waals surface area (Å²) in [5.41, 5.74) is 2.28. The molecule has 106 valence electrons. The van der Waals surface area contributed by atoms with Crippen molar-refractivity contribution in [1.29, 1.82) is 0 Å². The van der Waals surface area contributed by atoms with E-state index in [0.717, 1.165) is 11.1 Å². The van der Waals surface area contributed by atoms with Crippen LogP contribution in [0.3, 0.4) is 0 Å². The van der Waals surface area contributed by atoms with Gasteiger partial charge in [0.05, 0.1) is 0 Å².